The summed E-state index contributed by atoms with van der Waals surface area (Å²) >= 11 is 2.24. The molecule has 0 spiro atoms. The zero-order valence-corrected chi connectivity index (χ0v) is 17.5. The third-order valence-corrected chi connectivity index (χ3v) is 5.71. The van der Waals surface area contributed by atoms with E-state index in [1.807, 2.05) is 13.8 Å². The first kappa shape index (κ1) is 21.8. The second kappa shape index (κ2) is 10.2. The molecule has 2 aromatic heterocycles. The van der Waals surface area contributed by atoms with E-state index in [0.717, 1.165) is 11.8 Å². The van der Waals surface area contributed by atoms with Crippen molar-refractivity contribution in [3.63, 3.8) is 0 Å². The minimum atomic E-state index is -0.474. The minimum absolute atomic E-state index is 0.00855. The van der Waals surface area contributed by atoms with Crippen LogP contribution in [0.1, 0.15) is 24.3 Å². The normalized spacial score (nSPS) is 10.7. The van der Waals surface area contributed by atoms with Crippen LogP contribution in [0.15, 0.2) is 28.6 Å². The van der Waals surface area contributed by atoms with Crippen LogP contribution in [-0.2, 0) is 16.6 Å². The molecule has 12 heteroatoms. The van der Waals surface area contributed by atoms with E-state index in [-0.39, 0.29) is 17.4 Å². The highest BCUT2D eigenvalue weighted by Gasteiger charge is 2.17. The largest absolute Gasteiger partial charge is 0.347 e. The van der Waals surface area contributed by atoms with Crippen LogP contribution in [0.2, 0.25) is 0 Å². The fourth-order valence-electron chi connectivity index (χ4n) is 2.31. The van der Waals surface area contributed by atoms with Gasteiger partial charge >= 0.3 is 0 Å². The van der Waals surface area contributed by atoms with E-state index in [0.29, 0.717) is 29.1 Å². The minimum Gasteiger partial charge on any atom is -0.347 e. The molecule has 3 N–H and O–H groups in total. The van der Waals surface area contributed by atoms with Gasteiger partial charge in [0, 0.05) is 26.3 Å². The van der Waals surface area contributed by atoms with Gasteiger partial charge in [0.15, 0.2) is 0 Å². The summed E-state index contributed by atoms with van der Waals surface area (Å²) in [5.74, 6) is 5.14. The Bertz CT molecular complexity index is 845. The first-order valence-corrected chi connectivity index (χ1v) is 10.5. The van der Waals surface area contributed by atoms with Gasteiger partial charge < -0.3 is 15.3 Å². The van der Waals surface area contributed by atoms with Crippen molar-refractivity contribution in [2.24, 2.45) is 7.05 Å². The molecule has 0 unspecified atom stereocenters. The van der Waals surface area contributed by atoms with Crippen molar-refractivity contribution in [1.29, 1.82) is 0 Å². The standard InChI is InChI=1S/C16H23N7O3S2/c1-4-22(5-2)13(25)10-28-16-20-19-15(23(16)17)27-9-12(24)18-14(26)11-7-6-8-21(11)3/h6-8H,4-5,9-10,17H2,1-3H3,(H,18,24,26). The van der Waals surface area contributed by atoms with Gasteiger partial charge in [-0.2, -0.15) is 0 Å². The van der Waals surface area contributed by atoms with Gasteiger partial charge in [0.25, 0.3) is 5.91 Å². The van der Waals surface area contributed by atoms with E-state index >= 15 is 0 Å². The van der Waals surface area contributed by atoms with Gasteiger partial charge in [0.05, 0.1) is 11.5 Å². The quantitative estimate of drug-likeness (QED) is 0.435. The predicted octanol–water partition coefficient (Wildman–Crippen LogP) is 0.340. The zero-order valence-electron chi connectivity index (χ0n) is 15.9. The molecule has 0 saturated heterocycles. The number of thioether (sulfide) groups is 2. The number of hydrogen-bond acceptors (Lipinski definition) is 8. The number of aryl methyl sites for hydroxylation is 1. The predicted molar refractivity (Wildman–Crippen MR) is 107 cm³/mol. The first-order valence-electron chi connectivity index (χ1n) is 8.56. The van der Waals surface area contributed by atoms with Crippen molar-refractivity contribution < 1.29 is 14.4 Å². The number of aromatic nitrogens is 4. The van der Waals surface area contributed by atoms with E-state index < -0.39 is 11.8 Å². The number of amides is 3. The summed E-state index contributed by atoms with van der Waals surface area (Å²) in [4.78, 5) is 37.8. The fourth-order valence-corrected chi connectivity index (χ4v) is 3.78. The maximum absolute atomic E-state index is 12.1. The Kier molecular flexibility index (Phi) is 7.93. The maximum Gasteiger partial charge on any atom is 0.274 e. The second-order valence-corrected chi connectivity index (χ2v) is 7.55. The molecule has 0 fully saturated rings. The van der Waals surface area contributed by atoms with E-state index in [4.69, 9.17) is 5.84 Å². The van der Waals surface area contributed by atoms with Crippen LogP contribution >= 0.6 is 23.5 Å². The maximum atomic E-state index is 12.1. The van der Waals surface area contributed by atoms with Crippen LogP contribution < -0.4 is 11.2 Å². The third-order valence-electron chi connectivity index (χ3n) is 3.84. The number of nitrogens with one attached hydrogen (secondary N) is 1. The second-order valence-electron chi connectivity index (χ2n) is 5.66. The SMILES string of the molecule is CCN(CC)C(=O)CSc1nnc(SCC(=O)NC(=O)c2cccn2C)n1N. The molecule has 0 atom stereocenters. The highest BCUT2D eigenvalue weighted by molar-refractivity contribution is 8.00. The summed E-state index contributed by atoms with van der Waals surface area (Å²) in [6.07, 6.45) is 1.72. The molecule has 28 heavy (non-hydrogen) atoms. The Balaban J connectivity index is 1.85. The Morgan fingerprint density at radius 1 is 1.14 bits per heavy atom. The lowest BCUT2D eigenvalue weighted by molar-refractivity contribution is -0.128. The molecule has 0 aliphatic rings. The van der Waals surface area contributed by atoms with Gasteiger partial charge in [-0.15, -0.1) is 10.2 Å². The molecule has 0 bridgehead atoms. The van der Waals surface area contributed by atoms with Crippen molar-refractivity contribution in [1.82, 2.24) is 29.7 Å². The van der Waals surface area contributed by atoms with Gasteiger partial charge in [-0.05, 0) is 26.0 Å². The molecule has 0 saturated carbocycles. The summed E-state index contributed by atoms with van der Waals surface area (Å²) < 4.78 is 2.85. The van der Waals surface area contributed by atoms with Crippen molar-refractivity contribution in [3.8, 4) is 0 Å². The van der Waals surface area contributed by atoms with Crippen molar-refractivity contribution in [3.05, 3.63) is 24.0 Å². The average molecular weight is 426 g/mol. The summed E-state index contributed by atoms with van der Waals surface area (Å²) in [6.45, 7) is 5.12. The van der Waals surface area contributed by atoms with Crippen LogP contribution in [-0.4, -0.2) is 66.7 Å². The molecule has 2 rings (SSSR count). The molecule has 0 aliphatic carbocycles. The summed E-state index contributed by atoms with van der Waals surface area (Å²) in [5, 5.41) is 10.9. The number of carbonyl (C=O) groups excluding carboxylic acids is 3. The van der Waals surface area contributed by atoms with Crippen LogP contribution in [0, 0.1) is 0 Å². The van der Waals surface area contributed by atoms with Gasteiger partial charge in [-0.3, -0.25) is 19.7 Å². The molecular formula is C16H23N7O3S2. The average Bonchev–Trinajstić information content (AvgIpc) is 3.25. The number of hydrogen-bond donors (Lipinski definition) is 2. The van der Waals surface area contributed by atoms with Gasteiger partial charge in [0.2, 0.25) is 22.1 Å². The van der Waals surface area contributed by atoms with E-state index in [1.54, 1.807) is 34.8 Å². The molecule has 2 heterocycles. The van der Waals surface area contributed by atoms with Gasteiger partial charge in [-0.1, -0.05) is 23.5 Å². The van der Waals surface area contributed by atoms with E-state index in [2.05, 4.69) is 15.5 Å². The first-order chi connectivity index (χ1) is 13.4. The Morgan fingerprint density at radius 2 is 1.75 bits per heavy atom. The number of rotatable bonds is 9. The lowest BCUT2D eigenvalue weighted by atomic mass is 10.4. The van der Waals surface area contributed by atoms with Gasteiger partial charge in [0.1, 0.15) is 5.69 Å². The van der Waals surface area contributed by atoms with Crippen LogP contribution in [0.3, 0.4) is 0 Å². The topological polar surface area (TPSA) is 128 Å². The number of nitrogens with two attached hydrogens (primary N) is 1. The fraction of sp³-hybridized carbons (Fsp3) is 0.438. The molecule has 3 amide bonds. The van der Waals surface area contributed by atoms with Crippen LogP contribution in [0.4, 0.5) is 0 Å². The zero-order chi connectivity index (χ0) is 20.7. The van der Waals surface area contributed by atoms with E-state index in [9.17, 15) is 14.4 Å². The van der Waals surface area contributed by atoms with Crippen LogP contribution in [0.5, 0.6) is 0 Å². The lowest BCUT2D eigenvalue weighted by Crippen LogP contribution is -2.33. The molecular weight excluding hydrogens is 402 g/mol. The molecule has 0 aromatic carbocycles. The Morgan fingerprint density at radius 3 is 2.29 bits per heavy atom. The van der Waals surface area contributed by atoms with E-state index in [1.165, 1.54) is 16.4 Å². The molecule has 0 aliphatic heterocycles. The number of imide groups is 1. The number of nitrogen functional groups attached to an aromatic ring is 1. The summed E-state index contributed by atoms with van der Waals surface area (Å²) in [6, 6.07) is 3.34. The molecule has 2 aromatic rings. The number of nitrogens with zero attached hydrogens (tertiary/aromatic N) is 5. The third kappa shape index (κ3) is 5.52. The summed E-state index contributed by atoms with van der Waals surface area (Å²) in [7, 11) is 1.72. The lowest BCUT2D eigenvalue weighted by Gasteiger charge is -2.17. The van der Waals surface area contributed by atoms with Crippen LogP contribution in [0.25, 0.3) is 0 Å². The molecule has 152 valence electrons. The van der Waals surface area contributed by atoms with Gasteiger partial charge in [-0.25, -0.2) is 4.68 Å². The Labute approximate surface area is 171 Å². The van der Waals surface area contributed by atoms with Crippen molar-refractivity contribution in [2.45, 2.75) is 24.2 Å². The molecule has 10 nitrogen and oxygen atoms in total. The van der Waals surface area contributed by atoms with Crippen molar-refractivity contribution >= 4 is 41.2 Å². The Hall–Kier alpha value is -2.47. The highest BCUT2D eigenvalue weighted by atomic mass is 32.2. The highest BCUT2D eigenvalue weighted by Crippen LogP contribution is 2.21. The van der Waals surface area contributed by atoms with Crippen molar-refractivity contribution in [2.75, 3.05) is 30.4 Å². The smallest absolute Gasteiger partial charge is 0.274 e. The summed E-state index contributed by atoms with van der Waals surface area (Å²) in [5.41, 5.74) is 0.386. The monoisotopic (exact) mass is 425 g/mol. The molecule has 0 radical (unpaired) electrons. The number of carbonyl (C=O) groups is 3.